The van der Waals surface area contributed by atoms with Crippen molar-refractivity contribution in [2.24, 2.45) is 5.92 Å². The standard InChI is InChI=1S/C16H27F3N4O2S/c1-11(2)23-13(4)15(12(3)21-23)26(24,25)20-9-14-5-7-22(8-6-14)10-16(17,18)19/h11,14,20H,5-10H2,1-4H3. The maximum absolute atomic E-state index is 12.7. The molecule has 26 heavy (non-hydrogen) atoms. The van der Waals surface area contributed by atoms with Gasteiger partial charge in [-0.05, 0) is 59.5 Å². The van der Waals surface area contributed by atoms with Gasteiger partial charge in [-0.3, -0.25) is 9.58 Å². The first-order chi connectivity index (χ1) is 11.9. The molecule has 1 saturated heterocycles. The molecule has 6 nitrogen and oxygen atoms in total. The second-order valence-electron chi connectivity index (χ2n) is 7.22. The van der Waals surface area contributed by atoms with Gasteiger partial charge >= 0.3 is 6.18 Å². The van der Waals surface area contributed by atoms with Crippen molar-refractivity contribution in [2.45, 2.75) is 57.7 Å². The number of piperidine rings is 1. The highest BCUT2D eigenvalue weighted by molar-refractivity contribution is 7.89. The van der Waals surface area contributed by atoms with Gasteiger partial charge in [0.2, 0.25) is 10.0 Å². The van der Waals surface area contributed by atoms with Crippen molar-refractivity contribution in [1.29, 1.82) is 0 Å². The summed E-state index contributed by atoms with van der Waals surface area (Å²) in [5.41, 5.74) is 1.04. The Bertz CT molecular complexity index is 721. The zero-order valence-electron chi connectivity index (χ0n) is 15.6. The van der Waals surface area contributed by atoms with E-state index >= 15 is 0 Å². The SMILES string of the molecule is Cc1nn(C(C)C)c(C)c1S(=O)(=O)NCC1CCN(CC(F)(F)F)CC1. The third-order valence-electron chi connectivity index (χ3n) is 4.69. The van der Waals surface area contributed by atoms with Crippen LogP contribution in [0.3, 0.4) is 0 Å². The molecule has 150 valence electrons. The summed E-state index contributed by atoms with van der Waals surface area (Å²) in [5.74, 6) is 0.0371. The number of alkyl halides is 3. The van der Waals surface area contributed by atoms with Crippen LogP contribution in [0.25, 0.3) is 0 Å². The van der Waals surface area contributed by atoms with E-state index in [-0.39, 0.29) is 23.4 Å². The van der Waals surface area contributed by atoms with Crippen LogP contribution in [-0.2, 0) is 10.0 Å². The number of nitrogens with one attached hydrogen (secondary N) is 1. The molecule has 0 spiro atoms. The van der Waals surface area contributed by atoms with Crippen molar-refractivity contribution in [1.82, 2.24) is 19.4 Å². The summed E-state index contributed by atoms with van der Waals surface area (Å²) in [6.45, 7) is 7.23. The summed E-state index contributed by atoms with van der Waals surface area (Å²) in [6, 6.07) is 0.0515. The highest BCUT2D eigenvalue weighted by atomic mass is 32.2. The average Bonchev–Trinajstić information content (AvgIpc) is 2.81. The number of likely N-dealkylation sites (tertiary alicyclic amines) is 1. The molecule has 0 bridgehead atoms. The van der Waals surface area contributed by atoms with Crippen molar-refractivity contribution in [3.8, 4) is 0 Å². The number of hydrogen-bond donors (Lipinski definition) is 1. The molecule has 1 N–H and O–H groups in total. The van der Waals surface area contributed by atoms with Crippen molar-refractivity contribution in [3.05, 3.63) is 11.4 Å². The maximum atomic E-state index is 12.7. The number of halogens is 3. The first kappa shape index (κ1) is 21.2. The van der Waals surface area contributed by atoms with Crippen LogP contribution < -0.4 is 4.72 Å². The highest BCUT2D eigenvalue weighted by Crippen LogP contribution is 2.24. The van der Waals surface area contributed by atoms with Crippen molar-refractivity contribution < 1.29 is 21.6 Å². The number of aromatic nitrogens is 2. The van der Waals surface area contributed by atoms with Crippen LogP contribution in [0.15, 0.2) is 4.90 Å². The lowest BCUT2D eigenvalue weighted by atomic mass is 9.97. The molecule has 1 aliphatic heterocycles. The van der Waals surface area contributed by atoms with Crippen LogP contribution in [-0.4, -0.2) is 55.5 Å². The van der Waals surface area contributed by atoms with E-state index in [9.17, 15) is 21.6 Å². The quantitative estimate of drug-likeness (QED) is 0.803. The van der Waals surface area contributed by atoms with Gasteiger partial charge in [0.05, 0.1) is 17.9 Å². The molecule has 1 aliphatic rings. The number of sulfonamides is 1. The zero-order chi connectivity index (χ0) is 19.7. The minimum atomic E-state index is -4.19. The number of hydrogen-bond acceptors (Lipinski definition) is 4. The zero-order valence-corrected chi connectivity index (χ0v) is 16.4. The van der Waals surface area contributed by atoms with Gasteiger partial charge in [-0.25, -0.2) is 13.1 Å². The molecule has 0 amide bonds. The molecular formula is C16H27F3N4O2S. The number of nitrogens with zero attached hydrogens (tertiary/aromatic N) is 3. The van der Waals surface area contributed by atoms with Crippen molar-refractivity contribution >= 4 is 10.0 Å². The lowest BCUT2D eigenvalue weighted by Gasteiger charge is -2.32. The van der Waals surface area contributed by atoms with Crippen LogP contribution in [0.1, 0.15) is 44.1 Å². The molecule has 2 heterocycles. The molecule has 0 aromatic carbocycles. The largest absolute Gasteiger partial charge is 0.401 e. The predicted molar refractivity (Wildman–Crippen MR) is 92.5 cm³/mol. The lowest BCUT2D eigenvalue weighted by molar-refractivity contribution is -0.148. The van der Waals surface area contributed by atoms with E-state index in [1.54, 1.807) is 18.5 Å². The summed E-state index contributed by atoms with van der Waals surface area (Å²) in [7, 11) is -3.70. The smallest absolute Gasteiger partial charge is 0.295 e. The summed E-state index contributed by atoms with van der Waals surface area (Å²) >= 11 is 0. The Kier molecular flexibility index (Phi) is 6.40. The van der Waals surface area contributed by atoms with Gasteiger partial charge in [0, 0.05) is 12.6 Å². The Morgan fingerprint density at radius 1 is 1.23 bits per heavy atom. The molecule has 1 aromatic rings. The predicted octanol–water partition coefficient (Wildman–Crippen LogP) is 2.63. The number of aryl methyl sites for hydroxylation is 1. The van der Waals surface area contributed by atoms with Gasteiger partial charge in [0.1, 0.15) is 4.90 Å². The van der Waals surface area contributed by atoms with Gasteiger partial charge in [-0.2, -0.15) is 18.3 Å². The van der Waals surface area contributed by atoms with Gasteiger partial charge < -0.3 is 0 Å². The van der Waals surface area contributed by atoms with Gasteiger partial charge in [-0.15, -0.1) is 0 Å². The minimum absolute atomic E-state index is 0.0371. The molecule has 0 atom stereocenters. The van der Waals surface area contributed by atoms with E-state index < -0.39 is 22.7 Å². The van der Waals surface area contributed by atoms with Crippen LogP contribution >= 0.6 is 0 Å². The van der Waals surface area contributed by atoms with E-state index in [1.807, 2.05) is 13.8 Å². The first-order valence-corrected chi connectivity index (χ1v) is 10.2. The molecular weight excluding hydrogens is 369 g/mol. The topological polar surface area (TPSA) is 67.2 Å². The second-order valence-corrected chi connectivity index (χ2v) is 8.93. The minimum Gasteiger partial charge on any atom is -0.295 e. The van der Waals surface area contributed by atoms with Crippen LogP contribution in [0.4, 0.5) is 13.2 Å². The van der Waals surface area contributed by atoms with E-state index in [0.29, 0.717) is 37.3 Å². The Morgan fingerprint density at radius 2 is 1.81 bits per heavy atom. The molecule has 0 aliphatic carbocycles. The molecule has 1 fully saturated rings. The third-order valence-corrected chi connectivity index (χ3v) is 6.36. The molecule has 0 saturated carbocycles. The van der Waals surface area contributed by atoms with Crippen molar-refractivity contribution in [2.75, 3.05) is 26.2 Å². The Hall–Kier alpha value is -1.13. The second kappa shape index (κ2) is 7.85. The summed E-state index contributed by atoms with van der Waals surface area (Å²) < 4.78 is 66.9. The van der Waals surface area contributed by atoms with Crippen LogP contribution in [0.2, 0.25) is 0 Å². The fraction of sp³-hybridized carbons (Fsp3) is 0.812. The lowest BCUT2D eigenvalue weighted by Crippen LogP contribution is -2.42. The Morgan fingerprint density at radius 3 is 2.27 bits per heavy atom. The first-order valence-electron chi connectivity index (χ1n) is 8.75. The van der Waals surface area contributed by atoms with Crippen LogP contribution in [0, 0.1) is 19.8 Å². The molecule has 0 unspecified atom stereocenters. The van der Waals surface area contributed by atoms with E-state index in [1.165, 1.54) is 4.90 Å². The van der Waals surface area contributed by atoms with E-state index in [2.05, 4.69) is 9.82 Å². The highest BCUT2D eigenvalue weighted by Gasteiger charge is 2.33. The summed E-state index contributed by atoms with van der Waals surface area (Å²) in [6.07, 6.45) is -3.11. The normalized spacial score (nSPS) is 18.0. The molecule has 0 radical (unpaired) electrons. The van der Waals surface area contributed by atoms with Gasteiger partial charge in [-0.1, -0.05) is 0 Å². The fourth-order valence-corrected chi connectivity index (χ4v) is 4.95. The monoisotopic (exact) mass is 396 g/mol. The number of rotatable bonds is 6. The van der Waals surface area contributed by atoms with E-state index in [0.717, 1.165) is 0 Å². The van der Waals surface area contributed by atoms with Crippen molar-refractivity contribution in [3.63, 3.8) is 0 Å². The molecule has 1 aromatic heterocycles. The Balaban J connectivity index is 1.96. The van der Waals surface area contributed by atoms with E-state index in [4.69, 9.17) is 0 Å². The molecule has 2 rings (SSSR count). The maximum Gasteiger partial charge on any atom is 0.401 e. The summed E-state index contributed by atoms with van der Waals surface area (Å²) in [4.78, 5) is 1.56. The van der Waals surface area contributed by atoms with Crippen LogP contribution in [0.5, 0.6) is 0 Å². The van der Waals surface area contributed by atoms with Gasteiger partial charge in [0.15, 0.2) is 0 Å². The average molecular weight is 396 g/mol. The summed E-state index contributed by atoms with van der Waals surface area (Å²) in [5, 5.41) is 4.30. The third kappa shape index (κ3) is 5.20. The van der Waals surface area contributed by atoms with Gasteiger partial charge in [0.25, 0.3) is 0 Å². The Labute approximate surface area is 152 Å². The molecule has 10 heteroatoms. The fourth-order valence-electron chi connectivity index (χ4n) is 3.44.